The molecule has 0 bridgehead atoms. The van der Waals surface area contributed by atoms with Crippen LogP contribution in [0.25, 0.3) is 11.3 Å². The average Bonchev–Trinajstić information content (AvgIpc) is 3.07. The van der Waals surface area contributed by atoms with Crippen LogP contribution in [-0.4, -0.2) is 27.1 Å². The van der Waals surface area contributed by atoms with Crippen LogP contribution in [0.15, 0.2) is 60.7 Å². The molecule has 0 aliphatic carbocycles. The van der Waals surface area contributed by atoms with Crippen LogP contribution >= 0.6 is 11.6 Å². The molecule has 1 amide bonds. The van der Waals surface area contributed by atoms with Gasteiger partial charge in [0.25, 0.3) is 5.91 Å². The number of halogens is 1. The summed E-state index contributed by atoms with van der Waals surface area (Å²) in [6.45, 7) is 3.36. The van der Waals surface area contributed by atoms with E-state index in [4.69, 9.17) is 11.6 Å². The Morgan fingerprint density at radius 1 is 1.12 bits per heavy atom. The van der Waals surface area contributed by atoms with Crippen LogP contribution in [0.4, 0.5) is 0 Å². The minimum absolute atomic E-state index is 0.0228. The van der Waals surface area contributed by atoms with Crippen molar-refractivity contribution in [2.45, 2.75) is 19.5 Å². The van der Waals surface area contributed by atoms with E-state index >= 15 is 0 Å². The van der Waals surface area contributed by atoms with Gasteiger partial charge in [0.05, 0.1) is 11.7 Å². The van der Waals surface area contributed by atoms with Crippen molar-refractivity contribution in [2.24, 2.45) is 0 Å². The van der Waals surface area contributed by atoms with Gasteiger partial charge < -0.3 is 4.90 Å². The van der Waals surface area contributed by atoms with Crippen molar-refractivity contribution in [3.05, 3.63) is 76.9 Å². The monoisotopic (exact) mass is 351 g/mol. The lowest BCUT2D eigenvalue weighted by Crippen LogP contribution is -2.41. The quantitative estimate of drug-likeness (QED) is 0.700. The van der Waals surface area contributed by atoms with Crippen LogP contribution in [0, 0.1) is 0 Å². The predicted molar refractivity (Wildman–Crippen MR) is 98.6 cm³/mol. The summed E-state index contributed by atoms with van der Waals surface area (Å²) in [5.41, 5.74) is 3.53. The second kappa shape index (κ2) is 6.37. The van der Waals surface area contributed by atoms with Crippen LogP contribution in [-0.2, 0) is 6.54 Å². The minimum Gasteiger partial charge on any atom is -0.331 e. The van der Waals surface area contributed by atoms with Gasteiger partial charge in [0.1, 0.15) is 5.69 Å². The molecule has 3 aromatic rings. The maximum atomic E-state index is 12.9. The SMILES string of the molecule is C[C@H]1CN(Cc2ccccc2)C(=O)c2cc(-c3ccc(Cl)cc3)nn21. The first kappa shape index (κ1) is 15.9. The van der Waals surface area contributed by atoms with E-state index < -0.39 is 0 Å². The molecule has 0 spiro atoms. The number of hydrogen-bond acceptors (Lipinski definition) is 2. The molecule has 126 valence electrons. The fraction of sp³-hybridized carbons (Fsp3) is 0.200. The van der Waals surface area contributed by atoms with E-state index in [1.807, 2.05) is 70.2 Å². The third-order valence-corrected chi connectivity index (χ3v) is 4.75. The summed E-state index contributed by atoms with van der Waals surface area (Å²) in [6.07, 6.45) is 0. The van der Waals surface area contributed by atoms with Crippen LogP contribution < -0.4 is 0 Å². The molecule has 0 saturated heterocycles. The summed E-state index contributed by atoms with van der Waals surface area (Å²) < 4.78 is 1.84. The molecule has 4 nitrogen and oxygen atoms in total. The molecule has 5 heteroatoms. The van der Waals surface area contributed by atoms with Crippen molar-refractivity contribution < 1.29 is 4.79 Å². The fourth-order valence-corrected chi connectivity index (χ4v) is 3.36. The molecule has 25 heavy (non-hydrogen) atoms. The largest absolute Gasteiger partial charge is 0.331 e. The van der Waals surface area contributed by atoms with E-state index in [2.05, 4.69) is 12.0 Å². The second-order valence-electron chi connectivity index (χ2n) is 6.39. The van der Waals surface area contributed by atoms with Gasteiger partial charge in [0.15, 0.2) is 0 Å². The van der Waals surface area contributed by atoms with Crippen molar-refractivity contribution in [1.29, 1.82) is 0 Å². The van der Waals surface area contributed by atoms with Gasteiger partial charge in [-0.25, -0.2) is 0 Å². The Hall–Kier alpha value is -2.59. The Bertz CT molecular complexity index is 902. The molecule has 0 radical (unpaired) electrons. The third-order valence-electron chi connectivity index (χ3n) is 4.50. The Kier molecular flexibility index (Phi) is 4.06. The molecule has 1 atom stereocenters. The number of rotatable bonds is 3. The van der Waals surface area contributed by atoms with Gasteiger partial charge in [-0.1, -0.05) is 54.1 Å². The highest BCUT2D eigenvalue weighted by atomic mass is 35.5. The first-order valence-electron chi connectivity index (χ1n) is 8.30. The van der Waals surface area contributed by atoms with Gasteiger partial charge in [-0.05, 0) is 30.7 Å². The highest BCUT2D eigenvalue weighted by molar-refractivity contribution is 6.30. The van der Waals surface area contributed by atoms with Crippen LogP contribution in [0.3, 0.4) is 0 Å². The molecule has 1 aliphatic rings. The maximum Gasteiger partial charge on any atom is 0.272 e. The standard InChI is InChI=1S/C20H18ClN3O/c1-14-12-23(13-15-5-3-2-4-6-15)20(25)19-11-18(22-24(14)19)16-7-9-17(21)10-8-16/h2-11,14H,12-13H2,1H3/t14-/m0/s1. The molecule has 0 unspecified atom stereocenters. The molecule has 1 aromatic heterocycles. The number of aromatic nitrogens is 2. The normalized spacial score (nSPS) is 16.8. The number of hydrogen-bond donors (Lipinski definition) is 0. The number of fused-ring (bicyclic) bond motifs is 1. The smallest absolute Gasteiger partial charge is 0.272 e. The van der Waals surface area contributed by atoms with E-state index in [0.717, 1.165) is 16.8 Å². The molecular formula is C20H18ClN3O. The van der Waals surface area contributed by atoms with E-state index in [0.29, 0.717) is 23.8 Å². The molecule has 0 N–H and O–H groups in total. The van der Waals surface area contributed by atoms with E-state index in [9.17, 15) is 4.79 Å². The van der Waals surface area contributed by atoms with Crippen LogP contribution in [0.1, 0.15) is 29.0 Å². The zero-order chi connectivity index (χ0) is 17.4. The van der Waals surface area contributed by atoms with Crippen molar-refractivity contribution in [1.82, 2.24) is 14.7 Å². The van der Waals surface area contributed by atoms with Gasteiger partial charge in [0, 0.05) is 23.7 Å². The van der Waals surface area contributed by atoms with Gasteiger partial charge in [0.2, 0.25) is 0 Å². The molecule has 0 fully saturated rings. The number of carbonyl (C=O) groups excluding carboxylic acids is 1. The number of nitrogens with zero attached hydrogens (tertiary/aromatic N) is 3. The number of benzene rings is 2. The van der Waals surface area contributed by atoms with Gasteiger partial charge >= 0.3 is 0 Å². The molecular weight excluding hydrogens is 334 g/mol. The van der Waals surface area contributed by atoms with E-state index in [1.165, 1.54) is 0 Å². The third kappa shape index (κ3) is 3.05. The summed E-state index contributed by atoms with van der Waals surface area (Å²) in [6, 6.07) is 19.6. The van der Waals surface area contributed by atoms with Crippen molar-refractivity contribution in [3.63, 3.8) is 0 Å². The lowest BCUT2D eigenvalue weighted by molar-refractivity contribution is 0.0651. The highest BCUT2D eigenvalue weighted by Crippen LogP contribution is 2.27. The second-order valence-corrected chi connectivity index (χ2v) is 6.82. The Balaban J connectivity index is 1.65. The molecule has 2 heterocycles. The van der Waals surface area contributed by atoms with Gasteiger partial charge in [-0.15, -0.1) is 0 Å². The topological polar surface area (TPSA) is 38.1 Å². The summed E-state index contributed by atoms with van der Waals surface area (Å²) in [5.74, 6) is 0.0228. The van der Waals surface area contributed by atoms with E-state index in [-0.39, 0.29) is 11.9 Å². The van der Waals surface area contributed by atoms with E-state index in [1.54, 1.807) is 0 Å². The summed E-state index contributed by atoms with van der Waals surface area (Å²) in [7, 11) is 0. The molecule has 4 rings (SSSR count). The number of carbonyl (C=O) groups is 1. The number of amides is 1. The Morgan fingerprint density at radius 3 is 2.56 bits per heavy atom. The van der Waals surface area contributed by atoms with Crippen molar-refractivity contribution in [2.75, 3.05) is 6.54 Å². The molecule has 1 aliphatic heterocycles. The first-order chi connectivity index (χ1) is 12.1. The Morgan fingerprint density at radius 2 is 1.84 bits per heavy atom. The fourth-order valence-electron chi connectivity index (χ4n) is 3.23. The van der Waals surface area contributed by atoms with Crippen molar-refractivity contribution in [3.8, 4) is 11.3 Å². The summed E-state index contributed by atoms with van der Waals surface area (Å²) >= 11 is 5.96. The van der Waals surface area contributed by atoms with Crippen molar-refractivity contribution >= 4 is 17.5 Å². The zero-order valence-corrected chi connectivity index (χ0v) is 14.6. The first-order valence-corrected chi connectivity index (χ1v) is 8.68. The lowest BCUT2D eigenvalue weighted by atomic mass is 10.1. The lowest BCUT2D eigenvalue weighted by Gasteiger charge is -2.31. The van der Waals surface area contributed by atoms with Gasteiger partial charge in [-0.2, -0.15) is 5.10 Å². The zero-order valence-electron chi connectivity index (χ0n) is 13.9. The van der Waals surface area contributed by atoms with Crippen LogP contribution in [0.5, 0.6) is 0 Å². The molecule has 0 saturated carbocycles. The summed E-state index contributed by atoms with van der Waals surface area (Å²) in [4.78, 5) is 14.8. The predicted octanol–water partition coefficient (Wildman–Crippen LogP) is 4.42. The van der Waals surface area contributed by atoms with Gasteiger partial charge in [-0.3, -0.25) is 9.48 Å². The minimum atomic E-state index is 0.0228. The Labute approximate surface area is 151 Å². The molecule has 2 aromatic carbocycles. The maximum absolute atomic E-state index is 12.9. The van der Waals surface area contributed by atoms with Crippen LogP contribution in [0.2, 0.25) is 5.02 Å². The highest BCUT2D eigenvalue weighted by Gasteiger charge is 2.30. The summed E-state index contributed by atoms with van der Waals surface area (Å²) in [5, 5.41) is 5.34. The average molecular weight is 352 g/mol.